The van der Waals surface area contributed by atoms with Crippen LogP contribution in [-0.2, 0) is 0 Å². The molecule has 0 bridgehead atoms. The van der Waals surface area contributed by atoms with Gasteiger partial charge in [-0.15, -0.1) is 0 Å². The first-order valence-electron chi connectivity index (χ1n) is 5.27. The quantitative estimate of drug-likeness (QED) is 0.622. The molecule has 0 aliphatic carbocycles. The van der Waals surface area contributed by atoms with Crippen LogP contribution in [0.25, 0.3) is 0 Å². The zero-order chi connectivity index (χ0) is 12.3. The lowest BCUT2D eigenvalue weighted by molar-refractivity contribution is 0.398. The van der Waals surface area contributed by atoms with Crippen LogP contribution < -0.4 is 11.3 Å². The van der Waals surface area contributed by atoms with Crippen molar-refractivity contribution in [3.8, 4) is 0 Å². The summed E-state index contributed by atoms with van der Waals surface area (Å²) < 4.78 is 0. The predicted molar refractivity (Wildman–Crippen MR) is 67.7 cm³/mol. The number of thioether (sulfide) groups is 1. The molecule has 1 unspecified atom stereocenters. The number of rotatable bonds is 3. The van der Waals surface area contributed by atoms with Crippen molar-refractivity contribution in [2.75, 3.05) is 6.54 Å². The first-order valence-corrected chi connectivity index (χ1v) is 6.15. The Labute approximate surface area is 100 Å². The van der Waals surface area contributed by atoms with Gasteiger partial charge in [-0.2, -0.15) is 0 Å². The second-order valence-electron chi connectivity index (χ2n) is 4.90. The summed E-state index contributed by atoms with van der Waals surface area (Å²) in [7, 11) is 0. The van der Waals surface area contributed by atoms with Crippen LogP contribution in [0.1, 0.15) is 26.5 Å². The average Bonchev–Trinajstić information content (AvgIpc) is 2.10. The van der Waals surface area contributed by atoms with Crippen molar-refractivity contribution >= 4 is 11.8 Å². The third-order valence-electron chi connectivity index (χ3n) is 2.28. The summed E-state index contributed by atoms with van der Waals surface area (Å²) in [4.78, 5) is 18.3. The lowest BCUT2D eigenvalue weighted by Gasteiger charge is -2.28. The van der Waals surface area contributed by atoms with E-state index in [4.69, 9.17) is 5.73 Å². The highest BCUT2D eigenvalue weighted by molar-refractivity contribution is 7.99. The summed E-state index contributed by atoms with van der Waals surface area (Å²) in [5.74, 6) is 0. The Hall–Kier alpha value is -0.810. The fourth-order valence-electron chi connectivity index (χ4n) is 1.32. The van der Waals surface area contributed by atoms with Crippen LogP contribution >= 0.6 is 11.8 Å². The number of nitrogens with two attached hydrogens (primary N) is 1. The minimum absolute atomic E-state index is 0.0851. The van der Waals surface area contributed by atoms with Crippen LogP contribution in [0.4, 0.5) is 0 Å². The van der Waals surface area contributed by atoms with Gasteiger partial charge in [0.05, 0.1) is 0 Å². The second-order valence-corrected chi connectivity index (χ2v) is 6.09. The molecule has 0 spiro atoms. The van der Waals surface area contributed by atoms with E-state index in [1.165, 1.54) is 17.8 Å². The Balaban J connectivity index is 2.90. The predicted octanol–water partition coefficient (Wildman–Crippen LogP) is 1.54. The lowest BCUT2D eigenvalue weighted by Crippen LogP contribution is -2.31. The number of hydrogen-bond donors (Lipinski definition) is 2. The summed E-state index contributed by atoms with van der Waals surface area (Å²) in [5, 5.41) is 0.882. The molecular weight excluding hydrogens is 222 g/mol. The van der Waals surface area contributed by atoms with E-state index in [1.807, 2.05) is 6.92 Å². The molecule has 5 heteroatoms. The van der Waals surface area contributed by atoms with Crippen LogP contribution in [0.5, 0.6) is 0 Å². The summed E-state index contributed by atoms with van der Waals surface area (Å²) >= 11 is 1.53. The molecule has 0 amide bonds. The van der Waals surface area contributed by atoms with Gasteiger partial charge in [-0.25, -0.2) is 4.98 Å². The summed E-state index contributed by atoms with van der Waals surface area (Å²) in [6.45, 7) is 8.77. The van der Waals surface area contributed by atoms with Gasteiger partial charge in [0.25, 0.3) is 5.56 Å². The monoisotopic (exact) mass is 241 g/mol. The minimum Gasteiger partial charge on any atom is -0.329 e. The third-order valence-corrected chi connectivity index (χ3v) is 3.88. The molecule has 1 heterocycles. The highest BCUT2D eigenvalue weighted by Crippen LogP contribution is 2.32. The maximum Gasteiger partial charge on any atom is 0.251 e. The maximum absolute atomic E-state index is 11.3. The van der Waals surface area contributed by atoms with Gasteiger partial charge in [-0.1, -0.05) is 32.5 Å². The van der Waals surface area contributed by atoms with Crippen LogP contribution in [0.3, 0.4) is 0 Å². The molecule has 3 N–H and O–H groups in total. The highest BCUT2D eigenvalue weighted by atomic mass is 32.2. The molecule has 0 fully saturated rings. The van der Waals surface area contributed by atoms with Crippen molar-refractivity contribution in [2.24, 2.45) is 11.1 Å². The average molecular weight is 241 g/mol. The Bertz CT molecular complexity index is 408. The number of nitrogens with zero attached hydrogens (tertiary/aromatic N) is 1. The Morgan fingerprint density at radius 1 is 1.56 bits per heavy atom. The number of aromatic amines is 1. The molecule has 16 heavy (non-hydrogen) atoms. The fraction of sp³-hybridized carbons (Fsp3) is 0.636. The highest BCUT2D eigenvalue weighted by Gasteiger charge is 2.25. The van der Waals surface area contributed by atoms with Gasteiger partial charge in [0.2, 0.25) is 0 Å². The summed E-state index contributed by atoms with van der Waals surface area (Å²) in [5.41, 5.74) is 6.45. The van der Waals surface area contributed by atoms with Gasteiger partial charge in [0.15, 0.2) is 5.16 Å². The summed E-state index contributed by atoms with van der Waals surface area (Å²) in [6, 6.07) is 1.48. The zero-order valence-corrected chi connectivity index (χ0v) is 11.0. The van der Waals surface area contributed by atoms with E-state index in [1.54, 1.807) is 0 Å². The molecule has 4 nitrogen and oxygen atoms in total. The van der Waals surface area contributed by atoms with Gasteiger partial charge in [-0.3, -0.25) is 4.79 Å². The second kappa shape index (κ2) is 5.01. The van der Waals surface area contributed by atoms with E-state index in [2.05, 4.69) is 30.7 Å². The van der Waals surface area contributed by atoms with E-state index in [9.17, 15) is 4.79 Å². The smallest absolute Gasteiger partial charge is 0.251 e. The number of aryl methyl sites for hydroxylation is 1. The van der Waals surface area contributed by atoms with Crippen LogP contribution in [-0.4, -0.2) is 21.8 Å². The number of aromatic nitrogens is 2. The van der Waals surface area contributed by atoms with E-state index < -0.39 is 0 Å². The molecule has 0 radical (unpaired) electrons. The molecule has 0 aliphatic heterocycles. The number of H-pyrrole nitrogens is 1. The van der Waals surface area contributed by atoms with Gasteiger partial charge >= 0.3 is 0 Å². The first kappa shape index (κ1) is 13.3. The van der Waals surface area contributed by atoms with Crippen LogP contribution in [0.15, 0.2) is 16.0 Å². The topological polar surface area (TPSA) is 71.8 Å². The van der Waals surface area contributed by atoms with Crippen LogP contribution in [0.2, 0.25) is 0 Å². The maximum atomic E-state index is 11.3. The fourth-order valence-corrected chi connectivity index (χ4v) is 2.40. The molecule has 90 valence electrons. The SMILES string of the molecule is Cc1cc(=O)[nH]c(SC(CN)C(C)(C)C)n1. The minimum atomic E-state index is -0.111. The van der Waals surface area contributed by atoms with Crippen LogP contribution in [0, 0.1) is 12.3 Å². The van der Waals surface area contributed by atoms with Crippen molar-refractivity contribution < 1.29 is 0 Å². The molecule has 1 rings (SSSR count). The molecule has 1 atom stereocenters. The van der Waals surface area contributed by atoms with E-state index in [-0.39, 0.29) is 16.2 Å². The lowest BCUT2D eigenvalue weighted by atomic mass is 9.92. The summed E-state index contributed by atoms with van der Waals surface area (Å²) in [6.07, 6.45) is 0. The Kier molecular flexibility index (Phi) is 4.15. The van der Waals surface area contributed by atoms with Gasteiger partial charge in [0, 0.05) is 23.6 Å². The third kappa shape index (κ3) is 3.64. The molecule has 1 aromatic rings. The Morgan fingerprint density at radius 3 is 2.62 bits per heavy atom. The van der Waals surface area contributed by atoms with E-state index in [0.717, 1.165) is 5.69 Å². The molecule has 0 saturated carbocycles. The van der Waals surface area contributed by atoms with Crippen molar-refractivity contribution in [2.45, 2.75) is 38.1 Å². The molecular formula is C11H19N3OS. The van der Waals surface area contributed by atoms with Gasteiger partial charge in [0.1, 0.15) is 0 Å². The molecule has 1 aromatic heterocycles. The van der Waals surface area contributed by atoms with Crippen molar-refractivity contribution in [1.82, 2.24) is 9.97 Å². The number of hydrogen-bond acceptors (Lipinski definition) is 4. The number of nitrogens with one attached hydrogen (secondary N) is 1. The molecule has 0 aliphatic rings. The first-order chi connectivity index (χ1) is 7.32. The van der Waals surface area contributed by atoms with E-state index in [0.29, 0.717) is 11.7 Å². The Morgan fingerprint density at radius 2 is 2.19 bits per heavy atom. The largest absolute Gasteiger partial charge is 0.329 e. The molecule has 0 aromatic carbocycles. The van der Waals surface area contributed by atoms with Gasteiger partial charge < -0.3 is 10.7 Å². The van der Waals surface area contributed by atoms with Gasteiger partial charge in [-0.05, 0) is 12.3 Å². The van der Waals surface area contributed by atoms with Crippen molar-refractivity contribution in [3.05, 3.63) is 22.1 Å². The van der Waals surface area contributed by atoms with Crippen molar-refractivity contribution in [3.63, 3.8) is 0 Å². The van der Waals surface area contributed by atoms with Crippen molar-refractivity contribution in [1.29, 1.82) is 0 Å². The standard InChI is InChI=1S/C11H19N3OS/c1-7-5-9(15)14-10(13-7)16-8(6-12)11(2,3)4/h5,8H,6,12H2,1-4H3,(H,13,14,15). The zero-order valence-electron chi connectivity index (χ0n) is 10.2. The molecule has 0 saturated heterocycles. The van der Waals surface area contributed by atoms with E-state index >= 15 is 0 Å². The normalized spacial score (nSPS) is 13.8.